The van der Waals surface area contributed by atoms with Crippen molar-refractivity contribution in [2.75, 3.05) is 27.2 Å². The Labute approximate surface area is 172 Å². The first-order valence-electron chi connectivity index (χ1n) is 10.4. The number of likely N-dealkylation sites (N-methyl/N-ethyl adjacent to an activating group) is 1. The molecule has 1 aliphatic carbocycles. The van der Waals surface area contributed by atoms with E-state index in [9.17, 15) is 14.4 Å². The minimum atomic E-state index is -0.641. The third kappa shape index (κ3) is 4.89. The Morgan fingerprint density at radius 2 is 1.79 bits per heavy atom. The second kappa shape index (κ2) is 9.29. The smallest absolute Gasteiger partial charge is 0.245 e. The molecule has 7 nitrogen and oxygen atoms in total. The van der Waals surface area contributed by atoms with Crippen LogP contribution in [0, 0.1) is 0 Å². The molecule has 1 atom stereocenters. The van der Waals surface area contributed by atoms with Gasteiger partial charge in [-0.25, -0.2) is 0 Å². The molecule has 0 radical (unpaired) electrons. The van der Waals surface area contributed by atoms with Gasteiger partial charge in [0, 0.05) is 19.6 Å². The highest BCUT2D eigenvalue weighted by atomic mass is 16.5. The SMILES string of the molecule is COc1ccc(CN2CC(=O)N(CC(=O)N(C)C3CCCCC3)[C@@H](C)C2=O)cc1. The average molecular weight is 402 g/mol. The van der Waals surface area contributed by atoms with Crippen LogP contribution >= 0.6 is 0 Å². The molecule has 1 aromatic carbocycles. The van der Waals surface area contributed by atoms with E-state index in [4.69, 9.17) is 4.74 Å². The summed E-state index contributed by atoms with van der Waals surface area (Å²) >= 11 is 0. The number of hydrogen-bond acceptors (Lipinski definition) is 4. The lowest BCUT2D eigenvalue weighted by molar-refractivity contribution is -0.158. The molecule has 2 fully saturated rings. The van der Waals surface area contributed by atoms with Crippen LogP contribution in [-0.4, -0.2) is 71.8 Å². The maximum Gasteiger partial charge on any atom is 0.245 e. The second-order valence-electron chi connectivity index (χ2n) is 8.04. The number of hydrogen-bond donors (Lipinski definition) is 0. The summed E-state index contributed by atoms with van der Waals surface area (Å²) in [6, 6.07) is 7.04. The van der Waals surface area contributed by atoms with Gasteiger partial charge in [-0.1, -0.05) is 31.4 Å². The van der Waals surface area contributed by atoms with Crippen LogP contribution in [0.5, 0.6) is 5.75 Å². The fourth-order valence-electron chi connectivity index (χ4n) is 4.19. The molecule has 1 aliphatic heterocycles. The van der Waals surface area contributed by atoms with E-state index in [0.717, 1.165) is 37.0 Å². The Balaban J connectivity index is 1.60. The molecule has 158 valence electrons. The van der Waals surface area contributed by atoms with Gasteiger partial charge < -0.3 is 19.4 Å². The summed E-state index contributed by atoms with van der Waals surface area (Å²) in [5.74, 6) is 0.341. The van der Waals surface area contributed by atoms with Gasteiger partial charge in [0.15, 0.2) is 0 Å². The number of amides is 3. The lowest BCUT2D eigenvalue weighted by Crippen LogP contribution is -2.60. The Morgan fingerprint density at radius 3 is 2.41 bits per heavy atom. The van der Waals surface area contributed by atoms with Gasteiger partial charge in [-0.2, -0.15) is 0 Å². The fraction of sp³-hybridized carbons (Fsp3) is 0.591. The largest absolute Gasteiger partial charge is 0.497 e. The number of piperazine rings is 1. The van der Waals surface area contributed by atoms with E-state index in [1.54, 1.807) is 23.8 Å². The molecule has 0 N–H and O–H groups in total. The molecular formula is C22H31N3O4. The van der Waals surface area contributed by atoms with Gasteiger partial charge in [-0.15, -0.1) is 0 Å². The number of rotatable bonds is 6. The van der Waals surface area contributed by atoms with Gasteiger partial charge in [0.1, 0.15) is 24.9 Å². The molecule has 1 saturated carbocycles. The minimum Gasteiger partial charge on any atom is -0.497 e. The van der Waals surface area contributed by atoms with Crippen molar-refractivity contribution < 1.29 is 19.1 Å². The molecular weight excluding hydrogens is 370 g/mol. The Hall–Kier alpha value is -2.57. The highest BCUT2D eigenvalue weighted by Gasteiger charge is 2.38. The van der Waals surface area contributed by atoms with Crippen LogP contribution in [0.3, 0.4) is 0 Å². The van der Waals surface area contributed by atoms with Crippen LogP contribution in [0.2, 0.25) is 0 Å². The fourth-order valence-corrected chi connectivity index (χ4v) is 4.19. The molecule has 3 rings (SSSR count). The number of carbonyl (C=O) groups is 3. The number of nitrogens with zero attached hydrogens (tertiary/aromatic N) is 3. The van der Waals surface area contributed by atoms with Gasteiger partial charge in [-0.3, -0.25) is 14.4 Å². The molecule has 2 aliphatic rings. The predicted octanol–water partition coefficient (Wildman–Crippen LogP) is 2.05. The Morgan fingerprint density at radius 1 is 1.14 bits per heavy atom. The standard InChI is InChI=1S/C22H31N3O4/c1-16-22(28)24(13-17-9-11-19(29-3)12-10-17)14-21(27)25(16)15-20(26)23(2)18-7-5-4-6-8-18/h9-12,16,18H,4-8,13-15H2,1-3H3/t16-/m0/s1. The summed E-state index contributed by atoms with van der Waals surface area (Å²) in [4.78, 5) is 43.1. The van der Waals surface area contributed by atoms with E-state index in [1.807, 2.05) is 31.3 Å². The normalized spacial score (nSPS) is 20.7. The topological polar surface area (TPSA) is 70.2 Å². The molecule has 7 heteroatoms. The summed E-state index contributed by atoms with van der Waals surface area (Å²) in [6.07, 6.45) is 5.53. The van der Waals surface area contributed by atoms with Crippen LogP contribution < -0.4 is 4.74 Å². The molecule has 1 saturated heterocycles. The van der Waals surface area contributed by atoms with Crippen LogP contribution in [0.25, 0.3) is 0 Å². The molecule has 0 bridgehead atoms. The minimum absolute atomic E-state index is 0.00434. The zero-order chi connectivity index (χ0) is 21.0. The van der Waals surface area contributed by atoms with E-state index in [2.05, 4.69) is 0 Å². The molecule has 0 unspecified atom stereocenters. The van der Waals surface area contributed by atoms with Gasteiger partial charge in [0.05, 0.1) is 7.11 Å². The van der Waals surface area contributed by atoms with Gasteiger partial charge in [-0.05, 0) is 37.5 Å². The number of benzene rings is 1. The van der Waals surface area contributed by atoms with E-state index in [-0.39, 0.29) is 36.9 Å². The van der Waals surface area contributed by atoms with E-state index in [0.29, 0.717) is 6.54 Å². The summed E-state index contributed by atoms with van der Waals surface area (Å²) < 4.78 is 5.15. The Bertz CT molecular complexity index is 743. The van der Waals surface area contributed by atoms with Crippen LogP contribution in [0.15, 0.2) is 24.3 Å². The Kier molecular flexibility index (Phi) is 6.77. The van der Waals surface area contributed by atoms with Crippen LogP contribution in [-0.2, 0) is 20.9 Å². The average Bonchev–Trinajstić information content (AvgIpc) is 2.75. The highest BCUT2D eigenvalue weighted by Crippen LogP contribution is 2.23. The van der Waals surface area contributed by atoms with Gasteiger partial charge in [0.2, 0.25) is 17.7 Å². The number of methoxy groups -OCH3 is 1. The molecule has 1 aromatic rings. The van der Waals surface area contributed by atoms with Crippen LogP contribution in [0.4, 0.5) is 0 Å². The molecule has 1 heterocycles. The van der Waals surface area contributed by atoms with Gasteiger partial charge >= 0.3 is 0 Å². The summed E-state index contributed by atoms with van der Waals surface area (Å²) in [6.45, 7) is 2.03. The number of carbonyl (C=O) groups excluding carboxylic acids is 3. The van der Waals surface area contributed by atoms with E-state index in [1.165, 1.54) is 11.3 Å². The molecule has 0 spiro atoms. The third-order valence-electron chi connectivity index (χ3n) is 6.14. The lowest BCUT2D eigenvalue weighted by atomic mass is 9.94. The van der Waals surface area contributed by atoms with Crippen molar-refractivity contribution >= 4 is 17.7 Å². The first kappa shape index (κ1) is 21.1. The van der Waals surface area contributed by atoms with Crippen molar-refractivity contribution in [1.29, 1.82) is 0 Å². The lowest BCUT2D eigenvalue weighted by Gasteiger charge is -2.40. The summed E-state index contributed by atoms with van der Waals surface area (Å²) in [7, 11) is 3.42. The second-order valence-corrected chi connectivity index (χ2v) is 8.04. The van der Waals surface area contributed by atoms with Crippen molar-refractivity contribution in [1.82, 2.24) is 14.7 Å². The van der Waals surface area contributed by atoms with Crippen molar-refractivity contribution in [3.8, 4) is 5.75 Å². The third-order valence-corrected chi connectivity index (χ3v) is 6.14. The number of ether oxygens (including phenoxy) is 1. The van der Waals surface area contributed by atoms with Crippen molar-refractivity contribution in [3.05, 3.63) is 29.8 Å². The maximum absolute atomic E-state index is 12.8. The first-order valence-corrected chi connectivity index (χ1v) is 10.4. The zero-order valence-corrected chi connectivity index (χ0v) is 17.6. The van der Waals surface area contributed by atoms with E-state index < -0.39 is 6.04 Å². The zero-order valence-electron chi connectivity index (χ0n) is 17.6. The maximum atomic E-state index is 12.8. The monoisotopic (exact) mass is 401 g/mol. The summed E-state index contributed by atoms with van der Waals surface area (Å²) in [5.41, 5.74) is 0.931. The van der Waals surface area contributed by atoms with Crippen molar-refractivity contribution in [3.63, 3.8) is 0 Å². The van der Waals surface area contributed by atoms with Gasteiger partial charge in [0.25, 0.3) is 0 Å². The molecule has 3 amide bonds. The highest BCUT2D eigenvalue weighted by molar-refractivity contribution is 5.96. The van der Waals surface area contributed by atoms with E-state index >= 15 is 0 Å². The van der Waals surface area contributed by atoms with Crippen LogP contribution in [0.1, 0.15) is 44.6 Å². The predicted molar refractivity (Wildman–Crippen MR) is 109 cm³/mol. The van der Waals surface area contributed by atoms with Crippen molar-refractivity contribution in [2.45, 2.75) is 57.7 Å². The first-order chi connectivity index (χ1) is 13.9. The molecule has 29 heavy (non-hydrogen) atoms. The quantitative estimate of drug-likeness (QED) is 0.732. The summed E-state index contributed by atoms with van der Waals surface area (Å²) in [5, 5.41) is 0. The van der Waals surface area contributed by atoms with Crippen molar-refractivity contribution in [2.24, 2.45) is 0 Å². The molecule has 0 aromatic heterocycles.